The molecule has 5 nitrogen and oxygen atoms in total. The van der Waals surface area contributed by atoms with Crippen LogP contribution < -0.4 is 11.1 Å². The van der Waals surface area contributed by atoms with Gasteiger partial charge in [-0.15, -0.1) is 0 Å². The maximum Gasteiger partial charge on any atom is 0.240 e. The minimum absolute atomic E-state index is 0.122. The zero-order chi connectivity index (χ0) is 17.0. The van der Waals surface area contributed by atoms with Crippen molar-refractivity contribution in [1.82, 2.24) is 5.32 Å². The van der Waals surface area contributed by atoms with Crippen molar-refractivity contribution < 1.29 is 14.4 Å². The summed E-state index contributed by atoms with van der Waals surface area (Å²) in [5, 5.41) is 2.30. The van der Waals surface area contributed by atoms with Crippen molar-refractivity contribution in [3.8, 4) is 0 Å². The molecule has 1 aromatic carbocycles. The first-order valence-corrected chi connectivity index (χ1v) is 10.3. The second kappa shape index (κ2) is 7.06. The molecule has 0 saturated carbocycles. The van der Waals surface area contributed by atoms with Crippen LogP contribution in [0.5, 0.6) is 0 Å². The van der Waals surface area contributed by atoms with E-state index in [1.165, 1.54) is 0 Å². The molecule has 1 unspecified atom stereocenters. The fourth-order valence-electron chi connectivity index (χ4n) is 2.08. The van der Waals surface area contributed by atoms with Gasteiger partial charge < -0.3 is 15.8 Å². The highest BCUT2D eigenvalue weighted by atomic mass is 28.4. The van der Waals surface area contributed by atoms with Crippen LogP contribution in [0.4, 0.5) is 0 Å². The van der Waals surface area contributed by atoms with Crippen molar-refractivity contribution in [2.24, 2.45) is 5.73 Å². The molecule has 0 aliphatic rings. The van der Waals surface area contributed by atoms with E-state index in [-0.39, 0.29) is 5.04 Å². The van der Waals surface area contributed by atoms with Gasteiger partial charge in [-0.3, -0.25) is 9.59 Å². The molecule has 0 heterocycles. The number of amides is 2. The van der Waals surface area contributed by atoms with Gasteiger partial charge in [0.1, 0.15) is 6.04 Å². The Morgan fingerprint density at radius 2 is 1.82 bits per heavy atom. The van der Waals surface area contributed by atoms with Gasteiger partial charge in [-0.1, -0.05) is 38.1 Å². The number of nitrogens with one attached hydrogen (secondary N) is 1. The van der Waals surface area contributed by atoms with Crippen LogP contribution in [0.3, 0.4) is 0 Å². The molecular weight excluding hydrogens is 296 g/mol. The molecule has 0 spiro atoms. The number of carbonyl (C=O) groups excluding carboxylic acids is 2. The van der Waals surface area contributed by atoms with Gasteiger partial charge in [-0.25, -0.2) is 0 Å². The molecule has 0 fully saturated rings. The van der Waals surface area contributed by atoms with E-state index in [1.807, 2.05) is 37.4 Å². The zero-order valence-electron chi connectivity index (χ0n) is 13.7. The predicted octanol–water partition coefficient (Wildman–Crippen LogP) is 1.35. The first-order valence-electron chi connectivity index (χ1n) is 7.36. The minimum Gasteiger partial charge on any atom is -0.432 e. The number of rotatable bonds is 8. The Balaban J connectivity index is 2.79. The van der Waals surface area contributed by atoms with Crippen molar-refractivity contribution in [3.05, 3.63) is 35.4 Å². The molecule has 0 aliphatic heterocycles. The Morgan fingerprint density at radius 1 is 1.32 bits per heavy atom. The van der Waals surface area contributed by atoms with E-state index in [1.54, 1.807) is 0 Å². The number of benzene rings is 1. The lowest BCUT2D eigenvalue weighted by molar-refractivity contribution is -0.122. The molecule has 4 N–H and O–H groups in total. The van der Waals surface area contributed by atoms with Crippen LogP contribution >= 0.6 is 0 Å². The summed E-state index contributed by atoms with van der Waals surface area (Å²) < 4.78 is 0. The summed E-state index contributed by atoms with van der Waals surface area (Å²) in [4.78, 5) is 32.1. The van der Waals surface area contributed by atoms with E-state index >= 15 is 0 Å². The monoisotopic (exact) mass is 322 g/mol. The average Bonchev–Trinajstić information content (AvgIpc) is 2.38. The number of carbonyl (C=O) groups is 2. The Hall–Kier alpha value is -1.66. The van der Waals surface area contributed by atoms with E-state index in [2.05, 4.69) is 19.2 Å². The lowest BCUT2D eigenvalue weighted by Gasteiger charge is -2.35. The van der Waals surface area contributed by atoms with Gasteiger partial charge in [-0.2, -0.15) is 0 Å². The maximum absolute atomic E-state index is 11.2. The molecule has 0 aliphatic carbocycles. The minimum atomic E-state index is -2.24. The quantitative estimate of drug-likeness (QED) is 0.498. The highest BCUT2D eigenvalue weighted by Crippen LogP contribution is 2.38. The van der Waals surface area contributed by atoms with E-state index in [9.17, 15) is 14.4 Å². The molecule has 0 radical (unpaired) electrons. The Kier molecular flexibility index (Phi) is 5.90. The zero-order valence-corrected chi connectivity index (χ0v) is 14.7. The Labute approximate surface area is 133 Å². The number of hydrogen-bond donors (Lipinski definition) is 3. The molecule has 122 valence electrons. The van der Waals surface area contributed by atoms with Crippen molar-refractivity contribution in [3.63, 3.8) is 0 Å². The maximum atomic E-state index is 11.2. The molecule has 2 amide bonds. The molecular formula is C16H26N2O3Si. The predicted molar refractivity (Wildman–Crippen MR) is 89.8 cm³/mol. The first kappa shape index (κ1) is 18.4. The smallest absolute Gasteiger partial charge is 0.240 e. The van der Waals surface area contributed by atoms with Crippen LogP contribution in [0.25, 0.3) is 0 Å². The van der Waals surface area contributed by atoms with Gasteiger partial charge in [0.15, 0.2) is 8.32 Å². The third-order valence-electron chi connectivity index (χ3n) is 4.38. The van der Waals surface area contributed by atoms with Gasteiger partial charge in [0.25, 0.3) is 0 Å². The molecule has 6 heteroatoms. The SMILES string of the molecule is CC(C)(Cc1ccc(CC(NC=O)C(N)=O)cc1)[Si](C)(C)O. The van der Waals surface area contributed by atoms with Crippen LogP contribution in [-0.2, 0) is 22.4 Å². The second-order valence-electron chi connectivity index (χ2n) is 6.88. The van der Waals surface area contributed by atoms with Crippen molar-refractivity contribution in [2.75, 3.05) is 0 Å². The molecule has 1 rings (SSSR count). The summed E-state index contributed by atoms with van der Waals surface area (Å²) in [6.07, 6.45) is 1.66. The summed E-state index contributed by atoms with van der Waals surface area (Å²) in [7, 11) is -2.24. The number of hydrogen-bond acceptors (Lipinski definition) is 3. The van der Waals surface area contributed by atoms with Crippen LogP contribution in [0.2, 0.25) is 18.1 Å². The highest BCUT2D eigenvalue weighted by molar-refractivity contribution is 6.72. The summed E-state index contributed by atoms with van der Waals surface area (Å²) in [5.41, 5.74) is 7.32. The lowest BCUT2D eigenvalue weighted by Crippen LogP contribution is -2.42. The first-order chi connectivity index (χ1) is 10.1. The molecule has 0 aromatic heterocycles. The third kappa shape index (κ3) is 4.96. The summed E-state index contributed by atoms with van der Waals surface area (Å²) in [5.74, 6) is -0.551. The largest absolute Gasteiger partial charge is 0.432 e. The molecule has 22 heavy (non-hydrogen) atoms. The average molecular weight is 322 g/mol. The van der Waals surface area contributed by atoms with E-state index in [0.717, 1.165) is 17.5 Å². The number of primary amides is 1. The van der Waals surface area contributed by atoms with Crippen LogP contribution in [-0.4, -0.2) is 31.5 Å². The van der Waals surface area contributed by atoms with Gasteiger partial charge in [0.2, 0.25) is 12.3 Å². The van der Waals surface area contributed by atoms with E-state index in [0.29, 0.717) is 12.8 Å². The third-order valence-corrected chi connectivity index (χ3v) is 7.87. The van der Waals surface area contributed by atoms with Gasteiger partial charge in [0, 0.05) is 6.42 Å². The second-order valence-corrected chi connectivity index (χ2v) is 11.4. The lowest BCUT2D eigenvalue weighted by atomic mass is 9.98. The Morgan fingerprint density at radius 3 is 2.23 bits per heavy atom. The normalized spacial score (nSPS) is 13.5. The van der Waals surface area contributed by atoms with Crippen LogP contribution in [0.1, 0.15) is 25.0 Å². The fourth-order valence-corrected chi connectivity index (χ4v) is 2.72. The van der Waals surface area contributed by atoms with Gasteiger partial charge >= 0.3 is 0 Å². The summed E-state index contributed by atoms with van der Waals surface area (Å²) >= 11 is 0. The van der Waals surface area contributed by atoms with Crippen molar-refractivity contribution in [2.45, 2.75) is 50.9 Å². The molecule has 0 saturated heterocycles. The Bertz CT molecular complexity index is 521. The standard InChI is InChI=1S/C16H26N2O3Si/c1-16(2,22(3,4)21)10-13-7-5-12(6-8-13)9-14(15(17)20)18-11-19/h5-8,11,14,21H,9-10H2,1-4H3,(H2,17,20)(H,18,19). The summed E-state index contributed by atoms with van der Waals surface area (Å²) in [6.45, 7) is 8.07. The van der Waals surface area contributed by atoms with Crippen molar-refractivity contribution >= 4 is 20.6 Å². The van der Waals surface area contributed by atoms with E-state index < -0.39 is 20.3 Å². The highest BCUT2D eigenvalue weighted by Gasteiger charge is 2.37. The van der Waals surface area contributed by atoms with Crippen LogP contribution in [0, 0.1) is 0 Å². The number of nitrogens with two attached hydrogens (primary N) is 1. The fraction of sp³-hybridized carbons (Fsp3) is 0.500. The van der Waals surface area contributed by atoms with Crippen LogP contribution in [0.15, 0.2) is 24.3 Å². The molecule has 1 atom stereocenters. The van der Waals surface area contributed by atoms with Gasteiger partial charge in [-0.05, 0) is 35.7 Å². The topological polar surface area (TPSA) is 92.4 Å². The van der Waals surface area contributed by atoms with Crippen molar-refractivity contribution in [1.29, 1.82) is 0 Å². The van der Waals surface area contributed by atoms with E-state index in [4.69, 9.17) is 5.73 Å². The van der Waals surface area contributed by atoms with Gasteiger partial charge in [0.05, 0.1) is 0 Å². The summed E-state index contributed by atoms with van der Waals surface area (Å²) in [6, 6.07) is 7.16. The molecule has 0 bridgehead atoms. The molecule has 1 aromatic rings.